The first-order valence-corrected chi connectivity index (χ1v) is 6.94. The molecule has 0 radical (unpaired) electrons. The van der Waals surface area contributed by atoms with E-state index in [1.165, 1.54) is 6.08 Å². The van der Waals surface area contributed by atoms with Crippen LogP contribution in [0.15, 0.2) is 12.2 Å². The second-order valence-corrected chi connectivity index (χ2v) is 5.81. The molecular formula is C16H22N2O3. The number of aldehydes is 1. The number of ketones is 1. The standard InChI is InChI=1S/C16H22N2O3/c1-6-8-12(20)13-10(7-2)14(17-11(13)9-19)15(21)18-16(3,4)5/h6,8-9,17H,7H2,1-5H3,(H,18,21)/b8-6+. The van der Waals surface area contributed by atoms with Gasteiger partial charge in [-0.2, -0.15) is 0 Å². The van der Waals surface area contributed by atoms with Crippen molar-refractivity contribution >= 4 is 18.0 Å². The number of amides is 1. The van der Waals surface area contributed by atoms with Crippen molar-refractivity contribution < 1.29 is 14.4 Å². The highest BCUT2D eigenvalue weighted by atomic mass is 16.2. The Labute approximate surface area is 124 Å². The summed E-state index contributed by atoms with van der Waals surface area (Å²) >= 11 is 0. The van der Waals surface area contributed by atoms with Gasteiger partial charge in [-0.05, 0) is 45.8 Å². The second kappa shape index (κ2) is 6.52. The Kier molecular flexibility index (Phi) is 5.24. The maximum absolute atomic E-state index is 12.3. The van der Waals surface area contributed by atoms with Crippen LogP contribution in [0.2, 0.25) is 0 Å². The summed E-state index contributed by atoms with van der Waals surface area (Å²) in [4.78, 5) is 38.4. The molecule has 1 amide bonds. The number of carbonyl (C=O) groups is 3. The molecule has 0 unspecified atom stereocenters. The molecule has 0 bridgehead atoms. The van der Waals surface area contributed by atoms with E-state index in [9.17, 15) is 14.4 Å². The van der Waals surface area contributed by atoms with Gasteiger partial charge in [0.25, 0.3) is 5.91 Å². The lowest BCUT2D eigenvalue weighted by atomic mass is 10.0. The first kappa shape index (κ1) is 16.9. The summed E-state index contributed by atoms with van der Waals surface area (Å²) in [6.45, 7) is 9.17. The minimum absolute atomic E-state index is 0.147. The Morgan fingerprint density at radius 3 is 2.33 bits per heavy atom. The molecule has 2 N–H and O–H groups in total. The van der Waals surface area contributed by atoms with Crippen LogP contribution in [0.3, 0.4) is 0 Å². The molecule has 0 atom stereocenters. The molecule has 0 aliphatic carbocycles. The van der Waals surface area contributed by atoms with Crippen molar-refractivity contribution in [2.75, 3.05) is 0 Å². The Hall–Kier alpha value is -2.17. The van der Waals surface area contributed by atoms with Gasteiger partial charge in [0.1, 0.15) is 5.69 Å². The maximum atomic E-state index is 12.3. The number of hydrogen-bond acceptors (Lipinski definition) is 3. The number of aromatic amines is 1. The summed E-state index contributed by atoms with van der Waals surface area (Å²) in [6.07, 6.45) is 4.05. The van der Waals surface area contributed by atoms with Crippen molar-refractivity contribution in [3.8, 4) is 0 Å². The lowest BCUT2D eigenvalue weighted by molar-refractivity contribution is 0.0914. The van der Waals surface area contributed by atoms with E-state index in [0.717, 1.165) is 0 Å². The molecule has 5 heteroatoms. The zero-order valence-electron chi connectivity index (χ0n) is 13.2. The first-order valence-electron chi connectivity index (χ1n) is 6.94. The molecular weight excluding hydrogens is 268 g/mol. The van der Waals surface area contributed by atoms with Crippen molar-refractivity contribution in [2.24, 2.45) is 0 Å². The average Bonchev–Trinajstić information content (AvgIpc) is 2.75. The zero-order chi connectivity index (χ0) is 16.2. The van der Waals surface area contributed by atoms with Crippen LogP contribution in [0.5, 0.6) is 0 Å². The quantitative estimate of drug-likeness (QED) is 0.497. The van der Waals surface area contributed by atoms with Crippen molar-refractivity contribution in [3.05, 3.63) is 34.7 Å². The van der Waals surface area contributed by atoms with E-state index >= 15 is 0 Å². The Bertz CT molecular complexity index is 589. The van der Waals surface area contributed by atoms with Gasteiger partial charge in [-0.1, -0.05) is 13.0 Å². The highest BCUT2D eigenvalue weighted by Crippen LogP contribution is 2.21. The minimum Gasteiger partial charge on any atom is -0.348 e. The highest BCUT2D eigenvalue weighted by Gasteiger charge is 2.25. The first-order chi connectivity index (χ1) is 9.75. The third-order valence-corrected chi connectivity index (χ3v) is 2.88. The van der Waals surface area contributed by atoms with Gasteiger partial charge in [0.15, 0.2) is 12.1 Å². The van der Waals surface area contributed by atoms with Crippen molar-refractivity contribution in [2.45, 2.75) is 46.6 Å². The van der Waals surface area contributed by atoms with Gasteiger partial charge in [-0.3, -0.25) is 14.4 Å². The molecule has 0 spiro atoms. The number of carbonyl (C=O) groups excluding carboxylic acids is 3. The highest BCUT2D eigenvalue weighted by molar-refractivity contribution is 6.12. The average molecular weight is 290 g/mol. The zero-order valence-corrected chi connectivity index (χ0v) is 13.2. The summed E-state index contributed by atoms with van der Waals surface area (Å²) in [7, 11) is 0. The van der Waals surface area contributed by atoms with Gasteiger partial charge >= 0.3 is 0 Å². The number of aromatic nitrogens is 1. The van der Waals surface area contributed by atoms with Crippen LogP contribution in [0, 0.1) is 0 Å². The van der Waals surface area contributed by atoms with Crippen LogP contribution in [0.1, 0.15) is 71.5 Å². The number of hydrogen-bond donors (Lipinski definition) is 2. The summed E-state index contributed by atoms with van der Waals surface area (Å²) in [5.41, 5.74) is 0.880. The molecule has 1 heterocycles. The van der Waals surface area contributed by atoms with Gasteiger partial charge in [-0.15, -0.1) is 0 Å². The van der Waals surface area contributed by atoms with E-state index in [1.807, 2.05) is 27.7 Å². The Balaban J connectivity index is 3.39. The Morgan fingerprint density at radius 2 is 1.90 bits per heavy atom. The van der Waals surface area contributed by atoms with E-state index < -0.39 is 5.54 Å². The molecule has 0 aliphatic rings. The Morgan fingerprint density at radius 1 is 1.29 bits per heavy atom. The second-order valence-electron chi connectivity index (χ2n) is 5.81. The van der Waals surface area contributed by atoms with E-state index in [-0.39, 0.29) is 28.6 Å². The molecule has 0 saturated carbocycles. The fourth-order valence-corrected chi connectivity index (χ4v) is 2.12. The van der Waals surface area contributed by atoms with E-state index in [1.54, 1.807) is 13.0 Å². The number of nitrogens with one attached hydrogen (secondary N) is 2. The number of H-pyrrole nitrogens is 1. The number of rotatable bonds is 5. The molecule has 0 aliphatic heterocycles. The van der Waals surface area contributed by atoms with Gasteiger partial charge in [-0.25, -0.2) is 0 Å². The summed E-state index contributed by atoms with van der Waals surface area (Å²) in [6, 6.07) is 0. The largest absolute Gasteiger partial charge is 0.348 e. The van der Waals surface area contributed by atoms with Crippen LogP contribution in [-0.2, 0) is 6.42 Å². The summed E-state index contributed by atoms with van der Waals surface area (Å²) in [5.74, 6) is -0.593. The van der Waals surface area contributed by atoms with Crippen molar-refractivity contribution in [1.29, 1.82) is 0 Å². The van der Waals surface area contributed by atoms with Crippen molar-refractivity contribution in [3.63, 3.8) is 0 Å². The fourth-order valence-electron chi connectivity index (χ4n) is 2.12. The monoisotopic (exact) mass is 290 g/mol. The third kappa shape index (κ3) is 3.90. The molecule has 1 rings (SSSR count). The van der Waals surface area contributed by atoms with Crippen LogP contribution in [0.4, 0.5) is 0 Å². The third-order valence-electron chi connectivity index (χ3n) is 2.88. The predicted octanol–water partition coefficient (Wildman–Crippen LogP) is 2.68. The molecule has 114 valence electrons. The molecule has 0 fully saturated rings. The number of allylic oxidation sites excluding steroid dienone is 2. The van der Waals surface area contributed by atoms with Crippen LogP contribution in [0.25, 0.3) is 0 Å². The van der Waals surface area contributed by atoms with Gasteiger partial charge in [0.05, 0.1) is 11.3 Å². The van der Waals surface area contributed by atoms with Crippen molar-refractivity contribution in [1.82, 2.24) is 10.3 Å². The van der Waals surface area contributed by atoms with E-state index in [4.69, 9.17) is 0 Å². The minimum atomic E-state index is -0.401. The van der Waals surface area contributed by atoms with E-state index in [2.05, 4.69) is 10.3 Å². The van der Waals surface area contributed by atoms with Crippen LogP contribution in [-0.4, -0.2) is 28.5 Å². The molecule has 0 aromatic carbocycles. The maximum Gasteiger partial charge on any atom is 0.268 e. The fraction of sp³-hybridized carbons (Fsp3) is 0.438. The summed E-state index contributed by atoms with van der Waals surface area (Å²) < 4.78 is 0. The van der Waals surface area contributed by atoms with Gasteiger partial charge in [0.2, 0.25) is 0 Å². The molecule has 5 nitrogen and oxygen atoms in total. The molecule has 21 heavy (non-hydrogen) atoms. The lowest BCUT2D eigenvalue weighted by Crippen LogP contribution is -2.41. The lowest BCUT2D eigenvalue weighted by Gasteiger charge is -2.20. The smallest absolute Gasteiger partial charge is 0.268 e. The molecule has 1 aromatic heterocycles. The van der Waals surface area contributed by atoms with Crippen LogP contribution < -0.4 is 5.32 Å². The van der Waals surface area contributed by atoms with Gasteiger partial charge < -0.3 is 10.3 Å². The van der Waals surface area contributed by atoms with Gasteiger partial charge in [0, 0.05) is 5.54 Å². The summed E-state index contributed by atoms with van der Waals surface area (Å²) in [5, 5.41) is 2.83. The topological polar surface area (TPSA) is 79.0 Å². The van der Waals surface area contributed by atoms with E-state index in [0.29, 0.717) is 18.3 Å². The SMILES string of the molecule is C/C=C/C(=O)c1c(C=O)[nH]c(C(=O)NC(C)(C)C)c1CC. The van der Waals surface area contributed by atoms with Crippen LogP contribution >= 0.6 is 0 Å². The predicted molar refractivity (Wildman–Crippen MR) is 81.9 cm³/mol. The normalized spacial score (nSPS) is 11.7. The molecule has 1 aromatic rings. The molecule has 0 saturated heterocycles.